The zero-order chi connectivity index (χ0) is 12.4. The van der Waals surface area contributed by atoms with Crippen LogP contribution in [0, 0.1) is 11.6 Å². The SMILES string of the molecule is COc1cc(-c2ccc(F)c(O)c2)ccc1F. The van der Waals surface area contributed by atoms with E-state index in [0.717, 1.165) is 6.07 Å². The number of hydrogen-bond acceptors (Lipinski definition) is 2. The van der Waals surface area contributed by atoms with Gasteiger partial charge < -0.3 is 9.84 Å². The fraction of sp³-hybridized carbons (Fsp3) is 0.0769. The predicted octanol–water partition coefficient (Wildman–Crippen LogP) is 3.35. The van der Waals surface area contributed by atoms with E-state index in [1.165, 1.54) is 37.4 Å². The zero-order valence-corrected chi connectivity index (χ0v) is 9.08. The van der Waals surface area contributed by atoms with Gasteiger partial charge in [0.25, 0.3) is 0 Å². The summed E-state index contributed by atoms with van der Waals surface area (Å²) in [5.41, 5.74) is 1.22. The molecule has 0 saturated heterocycles. The van der Waals surface area contributed by atoms with Gasteiger partial charge >= 0.3 is 0 Å². The quantitative estimate of drug-likeness (QED) is 0.866. The van der Waals surface area contributed by atoms with E-state index in [-0.39, 0.29) is 5.75 Å². The van der Waals surface area contributed by atoms with E-state index in [4.69, 9.17) is 4.74 Å². The maximum absolute atomic E-state index is 13.2. The Morgan fingerprint density at radius 3 is 2.12 bits per heavy atom. The predicted molar refractivity (Wildman–Crippen MR) is 60.0 cm³/mol. The average molecular weight is 236 g/mol. The molecule has 17 heavy (non-hydrogen) atoms. The lowest BCUT2D eigenvalue weighted by molar-refractivity contribution is 0.387. The van der Waals surface area contributed by atoms with Crippen molar-refractivity contribution >= 4 is 0 Å². The Labute approximate surface area is 97.1 Å². The summed E-state index contributed by atoms with van der Waals surface area (Å²) in [5.74, 6) is -1.50. The van der Waals surface area contributed by atoms with Crippen LogP contribution in [0.15, 0.2) is 36.4 Å². The molecule has 0 amide bonds. The Kier molecular flexibility index (Phi) is 2.95. The number of phenolic OH excluding ortho intramolecular Hbond substituents is 1. The minimum absolute atomic E-state index is 0.103. The number of benzene rings is 2. The van der Waals surface area contributed by atoms with Crippen LogP contribution in [0.1, 0.15) is 0 Å². The van der Waals surface area contributed by atoms with Crippen molar-refractivity contribution in [2.75, 3.05) is 7.11 Å². The van der Waals surface area contributed by atoms with Gasteiger partial charge in [0.05, 0.1) is 7.11 Å². The third-order valence-corrected chi connectivity index (χ3v) is 2.43. The highest BCUT2D eigenvalue weighted by atomic mass is 19.1. The lowest BCUT2D eigenvalue weighted by Crippen LogP contribution is -1.89. The van der Waals surface area contributed by atoms with Crippen molar-refractivity contribution in [2.45, 2.75) is 0 Å². The maximum atomic E-state index is 13.2. The average Bonchev–Trinajstić information content (AvgIpc) is 2.33. The first-order chi connectivity index (χ1) is 8.11. The van der Waals surface area contributed by atoms with E-state index in [0.29, 0.717) is 11.1 Å². The van der Waals surface area contributed by atoms with Crippen LogP contribution in [-0.2, 0) is 0 Å². The highest BCUT2D eigenvalue weighted by Gasteiger charge is 2.07. The van der Waals surface area contributed by atoms with Gasteiger partial charge in [0.1, 0.15) is 0 Å². The maximum Gasteiger partial charge on any atom is 0.165 e. The second-order valence-electron chi connectivity index (χ2n) is 3.52. The van der Waals surface area contributed by atoms with Crippen molar-refractivity contribution in [1.82, 2.24) is 0 Å². The first kappa shape index (κ1) is 11.4. The number of phenols is 1. The molecule has 0 aromatic heterocycles. The van der Waals surface area contributed by atoms with Gasteiger partial charge in [0.2, 0.25) is 0 Å². The Morgan fingerprint density at radius 1 is 0.941 bits per heavy atom. The molecule has 0 aliphatic rings. The van der Waals surface area contributed by atoms with Gasteiger partial charge in [0, 0.05) is 0 Å². The van der Waals surface area contributed by atoms with Crippen molar-refractivity contribution in [3.05, 3.63) is 48.0 Å². The molecular formula is C13H10F2O2. The molecule has 2 aromatic carbocycles. The van der Waals surface area contributed by atoms with Crippen LogP contribution in [-0.4, -0.2) is 12.2 Å². The second-order valence-corrected chi connectivity index (χ2v) is 3.52. The van der Waals surface area contributed by atoms with Gasteiger partial charge in [-0.1, -0.05) is 12.1 Å². The summed E-state index contributed by atoms with van der Waals surface area (Å²) < 4.78 is 30.9. The molecule has 0 bridgehead atoms. The van der Waals surface area contributed by atoms with Gasteiger partial charge in [-0.25, -0.2) is 8.78 Å². The van der Waals surface area contributed by atoms with Gasteiger partial charge in [-0.3, -0.25) is 0 Å². The summed E-state index contributed by atoms with van der Waals surface area (Å²) in [7, 11) is 1.37. The summed E-state index contributed by atoms with van der Waals surface area (Å²) in [5, 5.41) is 9.26. The number of methoxy groups -OCH3 is 1. The number of rotatable bonds is 2. The van der Waals surface area contributed by atoms with E-state index in [1.807, 2.05) is 0 Å². The molecule has 0 atom stereocenters. The van der Waals surface area contributed by atoms with Gasteiger partial charge in [0.15, 0.2) is 23.1 Å². The largest absolute Gasteiger partial charge is 0.505 e. The molecule has 1 N–H and O–H groups in total. The van der Waals surface area contributed by atoms with Crippen molar-refractivity contribution in [3.8, 4) is 22.6 Å². The Morgan fingerprint density at radius 2 is 1.53 bits per heavy atom. The van der Waals surface area contributed by atoms with Crippen LogP contribution in [0.2, 0.25) is 0 Å². The molecule has 2 aromatic rings. The molecule has 0 unspecified atom stereocenters. The number of ether oxygens (including phenoxy) is 1. The molecule has 0 radical (unpaired) electrons. The van der Waals surface area contributed by atoms with Gasteiger partial charge in [-0.05, 0) is 35.4 Å². The lowest BCUT2D eigenvalue weighted by Gasteiger charge is -2.06. The molecular weight excluding hydrogens is 226 g/mol. The van der Waals surface area contributed by atoms with Crippen LogP contribution in [0.5, 0.6) is 11.5 Å². The molecule has 0 fully saturated rings. The highest BCUT2D eigenvalue weighted by molar-refractivity contribution is 5.66. The minimum atomic E-state index is -0.692. The number of aromatic hydroxyl groups is 1. The highest BCUT2D eigenvalue weighted by Crippen LogP contribution is 2.29. The normalized spacial score (nSPS) is 10.3. The van der Waals surface area contributed by atoms with Crippen molar-refractivity contribution in [1.29, 1.82) is 0 Å². The fourth-order valence-electron chi connectivity index (χ4n) is 1.53. The molecule has 0 aliphatic heterocycles. The molecule has 2 rings (SSSR count). The lowest BCUT2D eigenvalue weighted by atomic mass is 10.0. The Bertz CT molecular complexity index is 553. The van der Waals surface area contributed by atoms with Crippen LogP contribution in [0.3, 0.4) is 0 Å². The molecule has 0 aliphatic carbocycles. The van der Waals surface area contributed by atoms with E-state index < -0.39 is 17.4 Å². The van der Waals surface area contributed by atoms with E-state index in [2.05, 4.69) is 0 Å². The third-order valence-electron chi connectivity index (χ3n) is 2.43. The fourth-order valence-corrected chi connectivity index (χ4v) is 1.53. The van der Waals surface area contributed by atoms with E-state index >= 15 is 0 Å². The first-order valence-corrected chi connectivity index (χ1v) is 4.94. The summed E-state index contributed by atoms with van der Waals surface area (Å²) in [6.45, 7) is 0. The Hall–Kier alpha value is -2.10. The van der Waals surface area contributed by atoms with Crippen molar-refractivity contribution in [2.24, 2.45) is 0 Å². The van der Waals surface area contributed by atoms with Crippen molar-refractivity contribution < 1.29 is 18.6 Å². The van der Waals surface area contributed by atoms with Crippen molar-refractivity contribution in [3.63, 3.8) is 0 Å². The molecule has 4 heteroatoms. The topological polar surface area (TPSA) is 29.5 Å². The monoisotopic (exact) mass is 236 g/mol. The van der Waals surface area contributed by atoms with Crippen LogP contribution < -0.4 is 4.74 Å². The molecule has 0 heterocycles. The first-order valence-electron chi connectivity index (χ1n) is 4.94. The number of hydrogen-bond donors (Lipinski definition) is 1. The molecule has 0 spiro atoms. The summed E-state index contributed by atoms with van der Waals surface area (Å²) in [4.78, 5) is 0. The standard InChI is InChI=1S/C13H10F2O2/c1-17-13-7-9(3-5-11(13)15)8-2-4-10(14)12(16)6-8/h2-7,16H,1H3. The van der Waals surface area contributed by atoms with Gasteiger partial charge in [-0.15, -0.1) is 0 Å². The minimum Gasteiger partial charge on any atom is -0.505 e. The van der Waals surface area contributed by atoms with E-state index in [1.54, 1.807) is 0 Å². The Balaban J connectivity index is 2.49. The molecule has 0 saturated carbocycles. The smallest absolute Gasteiger partial charge is 0.165 e. The zero-order valence-electron chi connectivity index (χ0n) is 9.08. The molecule has 2 nitrogen and oxygen atoms in total. The second kappa shape index (κ2) is 4.41. The van der Waals surface area contributed by atoms with Crippen LogP contribution in [0.25, 0.3) is 11.1 Å². The summed E-state index contributed by atoms with van der Waals surface area (Å²) >= 11 is 0. The number of halogens is 2. The third kappa shape index (κ3) is 2.20. The van der Waals surface area contributed by atoms with E-state index in [9.17, 15) is 13.9 Å². The summed E-state index contributed by atoms with van der Waals surface area (Å²) in [6.07, 6.45) is 0. The molecule has 88 valence electrons. The summed E-state index contributed by atoms with van der Waals surface area (Å²) in [6, 6.07) is 8.21. The van der Waals surface area contributed by atoms with Gasteiger partial charge in [-0.2, -0.15) is 0 Å². The van der Waals surface area contributed by atoms with Crippen LogP contribution >= 0.6 is 0 Å². The van der Waals surface area contributed by atoms with Crippen LogP contribution in [0.4, 0.5) is 8.78 Å².